The van der Waals surface area contributed by atoms with Crippen molar-refractivity contribution in [1.82, 2.24) is 0 Å². The molecule has 0 radical (unpaired) electrons. The highest BCUT2D eigenvalue weighted by molar-refractivity contribution is 9.11. The minimum atomic E-state index is -3.31. The first kappa shape index (κ1) is 12.8. The third-order valence-corrected chi connectivity index (χ3v) is 4.87. The van der Waals surface area contributed by atoms with Crippen LogP contribution in [0, 0.1) is 0 Å². The summed E-state index contributed by atoms with van der Waals surface area (Å²) >= 11 is 6.16. The Labute approximate surface area is 105 Å². The molecule has 1 aromatic carbocycles. The van der Waals surface area contributed by atoms with Gasteiger partial charge in [0.2, 0.25) is 10.0 Å². The molecule has 4 nitrogen and oxygen atoms in total. The van der Waals surface area contributed by atoms with Crippen molar-refractivity contribution in [1.29, 1.82) is 0 Å². The lowest BCUT2D eigenvalue weighted by atomic mass is 10.3. The molecule has 0 amide bonds. The van der Waals surface area contributed by atoms with Crippen molar-refractivity contribution in [3.63, 3.8) is 0 Å². The molecular formula is C8H9Br2NO3S. The minimum Gasteiger partial charge on any atom is -0.495 e. The van der Waals surface area contributed by atoms with Crippen molar-refractivity contribution >= 4 is 47.6 Å². The SMILES string of the molecule is COc1cc(NS(=O)(=O)CBr)ccc1Br. The first-order valence-corrected chi connectivity index (χ1v) is 7.45. The van der Waals surface area contributed by atoms with Crippen molar-refractivity contribution in [2.45, 2.75) is 0 Å². The summed E-state index contributed by atoms with van der Waals surface area (Å²) in [7, 11) is -1.80. The molecule has 1 aromatic rings. The smallest absolute Gasteiger partial charge is 0.242 e. The van der Waals surface area contributed by atoms with Gasteiger partial charge in [0.1, 0.15) is 10.4 Å². The Morgan fingerprint density at radius 3 is 2.67 bits per heavy atom. The Morgan fingerprint density at radius 2 is 2.13 bits per heavy atom. The lowest BCUT2D eigenvalue weighted by Crippen LogP contribution is -2.13. The van der Waals surface area contributed by atoms with Crippen molar-refractivity contribution in [2.75, 3.05) is 16.5 Å². The Kier molecular flexibility index (Phi) is 4.42. The van der Waals surface area contributed by atoms with Gasteiger partial charge in [0, 0.05) is 6.07 Å². The van der Waals surface area contributed by atoms with E-state index in [1.54, 1.807) is 18.2 Å². The molecule has 0 spiro atoms. The Morgan fingerprint density at radius 1 is 1.47 bits per heavy atom. The Bertz CT molecular complexity index is 447. The molecule has 0 saturated carbocycles. The van der Waals surface area contributed by atoms with Gasteiger partial charge in [-0.25, -0.2) is 8.42 Å². The zero-order valence-corrected chi connectivity index (χ0v) is 11.8. The van der Waals surface area contributed by atoms with E-state index < -0.39 is 10.0 Å². The summed E-state index contributed by atoms with van der Waals surface area (Å²) in [5.41, 5.74) is 0.467. The monoisotopic (exact) mass is 357 g/mol. The van der Waals surface area contributed by atoms with Gasteiger partial charge in [-0.3, -0.25) is 4.72 Å². The van der Waals surface area contributed by atoms with Gasteiger partial charge in [-0.05, 0) is 28.1 Å². The van der Waals surface area contributed by atoms with Crippen LogP contribution in [0.25, 0.3) is 0 Å². The van der Waals surface area contributed by atoms with E-state index in [-0.39, 0.29) is 4.66 Å². The molecule has 0 aliphatic rings. The lowest BCUT2D eigenvalue weighted by molar-refractivity contribution is 0.412. The first-order chi connectivity index (χ1) is 6.98. The number of ether oxygens (including phenoxy) is 1. The molecule has 0 aromatic heterocycles. The van der Waals surface area contributed by atoms with Gasteiger partial charge < -0.3 is 4.74 Å². The zero-order valence-electron chi connectivity index (χ0n) is 7.83. The largest absolute Gasteiger partial charge is 0.495 e. The average molecular weight is 359 g/mol. The number of alkyl halides is 1. The summed E-state index contributed by atoms with van der Waals surface area (Å²) in [5.74, 6) is 0.574. The molecule has 1 rings (SSSR count). The van der Waals surface area contributed by atoms with Gasteiger partial charge in [-0.2, -0.15) is 0 Å². The molecule has 0 aliphatic heterocycles. The number of sulfonamides is 1. The zero-order chi connectivity index (χ0) is 11.5. The molecule has 0 aliphatic carbocycles. The van der Waals surface area contributed by atoms with E-state index in [0.29, 0.717) is 11.4 Å². The average Bonchev–Trinajstić information content (AvgIpc) is 2.20. The van der Waals surface area contributed by atoms with Crippen LogP contribution in [0.3, 0.4) is 0 Å². The van der Waals surface area contributed by atoms with E-state index in [2.05, 4.69) is 36.6 Å². The standard InChI is InChI=1S/C8H9Br2NO3S/c1-14-8-4-6(2-3-7(8)10)11-15(12,13)5-9/h2-4,11H,5H2,1H3. The van der Waals surface area contributed by atoms with E-state index in [4.69, 9.17) is 4.74 Å². The molecule has 15 heavy (non-hydrogen) atoms. The summed E-state index contributed by atoms with van der Waals surface area (Å²) in [6.45, 7) is 0. The summed E-state index contributed by atoms with van der Waals surface area (Å²) in [6.07, 6.45) is 0. The number of benzene rings is 1. The van der Waals surface area contributed by atoms with Crippen molar-refractivity contribution in [2.24, 2.45) is 0 Å². The predicted molar refractivity (Wildman–Crippen MR) is 67.0 cm³/mol. The molecule has 0 bridgehead atoms. The fourth-order valence-corrected chi connectivity index (χ4v) is 2.22. The molecule has 0 unspecified atom stereocenters. The highest BCUT2D eigenvalue weighted by Crippen LogP contribution is 2.28. The number of methoxy groups -OCH3 is 1. The maximum absolute atomic E-state index is 11.2. The third kappa shape index (κ3) is 3.66. The highest BCUT2D eigenvalue weighted by Gasteiger charge is 2.09. The Hall–Kier alpha value is -0.270. The van der Waals surface area contributed by atoms with E-state index in [0.717, 1.165) is 4.47 Å². The number of nitrogens with one attached hydrogen (secondary N) is 1. The molecular weight excluding hydrogens is 350 g/mol. The maximum Gasteiger partial charge on any atom is 0.242 e. The van der Waals surface area contributed by atoms with Crippen molar-refractivity contribution in [3.05, 3.63) is 22.7 Å². The number of hydrogen-bond donors (Lipinski definition) is 1. The van der Waals surface area contributed by atoms with E-state index in [9.17, 15) is 8.42 Å². The van der Waals surface area contributed by atoms with Crippen LogP contribution in [0.4, 0.5) is 5.69 Å². The quantitative estimate of drug-likeness (QED) is 0.841. The molecule has 0 heterocycles. The summed E-state index contributed by atoms with van der Waals surface area (Å²) in [6, 6.07) is 4.96. The molecule has 0 atom stereocenters. The van der Waals surface area contributed by atoms with Crippen LogP contribution in [0.5, 0.6) is 5.75 Å². The van der Waals surface area contributed by atoms with E-state index in [1.807, 2.05) is 0 Å². The van der Waals surface area contributed by atoms with Gasteiger partial charge in [0.25, 0.3) is 0 Å². The van der Waals surface area contributed by atoms with Crippen LogP contribution in [0.1, 0.15) is 0 Å². The van der Waals surface area contributed by atoms with Crippen molar-refractivity contribution in [3.8, 4) is 5.75 Å². The second-order valence-electron chi connectivity index (χ2n) is 2.68. The Balaban J connectivity index is 2.98. The van der Waals surface area contributed by atoms with Gasteiger partial charge >= 0.3 is 0 Å². The van der Waals surface area contributed by atoms with E-state index >= 15 is 0 Å². The second kappa shape index (κ2) is 5.18. The summed E-state index contributed by atoms with van der Waals surface area (Å²) < 4.78 is 30.5. The van der Waals surface area contributed by atoms with E-state index in [1.165, 1.54) is 7.11 Å². The van der Waals surface area contributed by atoms with Crippen LogP contribution in [0.15, 0.2) is 22.7 Å². The van der Waals surface area contributed by atoms with Crippen LogP contribution in [-0.4, -0.2) is 20.2 Å². The second-order valence-corrected chi connectivity index (χ2v) is 6.55. The van der Waals surface area contributed by atoms with Crippen LogP contribution >= 0.6 is 31.9 Å². The molecule has 1 N–H and O–H groups in total. The normalized spacial score (nSPS) is 11.1. The topological polar surface area (TPSA) is 55.4 Å². The fourth-order valence-electron chi connectivity index (χ4n) is 0.930. The summed E-state index contributed by atoms with van der Waals surface area (Å²) in [4.78, 5) is 0. The number of rotatable bonds is 4. The van der Waals surface area contributed by atoms with Gasteiger partial charge in [-0.1, -0.05) is 15.9 Å². The minimum absolute atomic E-state index is 0.140. The highest BCUT2D eigenvalue weighted by atomic mass is 79.9. The van der Waals surface area contributed by atoms with Crippen LogP contribution in [-0.2, 0) is 10.0 Å². The van der Waals surface area contributed by atoms with Gasteiger partial charge in [0.15, 0.2) is 0 Å². The molecule has 7 heteroatoms. The molecule has 0 saturated heterocycles. The number of hydrogen-bond acceptors (Lipinski definition) is 3. The van der Waals surface area contributed by atoms with Gasteiger partial charge in [-0.15, -0.1) is 0 Å². The van der Waals surface area contributed by atoms with Gasteiger partial charge in [0.05, 0.1) is 17.3 Å². The lowest BCUT2D eigenvalue weighted by Gasteiger charge is -2.08. The predicted octanol–water partition coefficient (Wildman–Crippen LogP) is 2.55. The maximum atomic E-state index is 11.2. The third-order valence-electron chi connectivity index (χ3n) is 1.57. The fraction of sp³-hybridized carbons (Fsp3) is 0.250. The van der Waals surface area contributed by atoms with Crippen LogP contribution in [0.2, 0.25) is 0 Å². The number of halogens is 2. The molecule has 84 valence electrons. The molecule has 0 fully saturated rings. The van der Waals surface area contributed by atoms with Crippen LogP contribution < -0.4 is 9.46 Å². The first-order valence-electron chi connectivity index (χ1n) is 3.88. The number of anilines is 1. The summed E-state index contributed by atoms with van der Waals surface area (Å²) in [5, 5.41) is 0. The van der Waals surface area contributed by atoms with Crippen molar-refractivity contribution < 1.29 is 13.2 Å².